The molecule has 2 aromatic rings. The molecule has 1 heterocycles. The average Bonchev–Trinajstić information content (AvgIpc) is 3.06. The van der Waals surface area contributed by atoms with Gasteiger partial charge < -0.3 is 31.2 Å². The number of carbonyl (C=O) groups excluding carboxylic acids is 4. The molecule has 0 spiro atoms. The van der Waals surface area contributed by atoms with Gasteiger partial charge in [-0.3, -0.25) is 14.4 Å². The maximum Gasteiger partial charge on any atom is 0.263 e. The van der Waals surface area contributed by atoms with Crippen molar-refractivity contribution >= 4 is 46.0 Å². The van der Waals surface area contributed by atoms with Gasteiger partial charge in [0.1, 0.15) is 11.0 Å². The number of rotatable bonds is 9. The minimum atomic E-state index is -1.38. The molecule has 0 unspecified atom stereocenters. The van der Waals surface area contributed by atoms with Crippen molar-refractivity contribution in [1.29, 1.82) is 0 Å². The van der Waals surface area contributed by atoms with Gasteiger partial charge in [-0.05, 0) is 30.5 Å². The number of anilines is 2. The molecule has 160 valence electrons. The van der Waals surface area contributed by atoms with Crippen LogP contribution in [0.25, 0.3) is 0 Å². The second-order valence-electron chi connectivity index (χ2n) is 6.32. The molecule has 0 aliphatic carbocycles. The van der Waals surface area contributed by atoms with Crippen molar-refractivity contribution in [3.8, 4) is 0 Å². The summed E-state index contributed by atoms with van der Waals surface area (Å²) in [6.07, 6.45) is -0.386. The van der Waals surface area contributed by atoms with Gasteiger partial charge in [0.15, 0.2) is 5.13 Å². The largest absolute Gasteiger partial charge is 0.530 e. The molecule has 0 atom stereocenters. The summed E-state index contributed by atoms with van der Waals surface area (Å²) in [7, 11) is 0. The Kier molecular flexibility index (Phi) is 8.29. The maximum absolute atomic E-state index is 12.5. The molecule has 0 saturated heterocycles. The first-order valence-corrected chi connectivity index (χ1v) is 9.93. The summed E-state index contributed by atoms with van der Waals surface area (Å²) < 4.78 is 0. The van der Waals surface area contributed by atoms with E-state index in [0.717, 1.165) is 16.9 Å². The van der Waals surface area contributed by atoms with Gasteiger partial charge >= 0.3 is 0 Å². The zero-order valence-electron chi connectivity index (χ0n) is 16.5. The van der Waals surface area contributed by atoms with Crippen LogP contribution in [-0.4, -0.2) is 41.9 Å². The Hall–Kier alpha value is -3.47. The molecule has 4 amide bonds. The molecular weight excluding hydrogens is 410 g/mol. The van der Waals surface area contributed by atoms with Crippen molar-refractivity contribution in [2.75, 3.05) is 23.7 Å². The topological polar surface area (TPSA) is 152 Å². The van der Waals surface area contributed by atoms with Crippen LogP contribution >= 0.6 is 11.3 Å². The fourth-order valence-corrected chi connectivity index (χ4v) is 3.51. The standard InChI is InChI=1S/C19H23N5O5S/c1-11(25)20-9-10-21-17(27)16-15(24-18(30-16)22-12(2)26)8-5-13-3-6-14(7-4-13)23-19(28)29/h3-4,6-7,23H,5,8-10H2,1-2H3,(H,20,25)(H,21,27)(H,28,29)(H,22,24,26)/p-1. The lowest BCUT2D eigenvalue weighted by Gasteiger charge is -2.08. The number of amides is 4. The number of benzene rings is 1. The zero-order chi connectivity index (χ0) is 22.1. The predicted molar refractivity (Wildman–Crippen MR) is 110 cm³/mol. The number of carbonyl (C=O) groups is 4. The van der Waals surface area contributed by atoms with Crippen molar-refractivity contribution < 1.29 is 24.3 Å². The van der Waals surface area contributed by atoms with E-state index < -0.39 is 6.09 Å². The summed E-state index contributed by atoms with van der Waals surface area (Å²) in [6.45, 7) is 3.32. The lowest BCUT2D eigenvalue weighted by molar-refractivity contribution is -0.242. The van der Waals surface area contributed by atoms with Crippen molar-refractivity contribution in [2.24, 2.45) is 0 Å². The molecule has 1 aromatic carbocycles. The quantitative estimate of drug-likeness (QED) is 0.424. The third kappa shape index (κ3) is 7.51. The molecule has 4 N–H and O–H groups in total. The van der Waals surface area contributed by atoms with Crippen LogP contribution in [0.15, 0.2) is 24.3 Å². The normalized spacial score (nSPS) is 10.2. The molecular formula is C19H22N5O5S-. The highest BCUT2D eigenvalue weighted by Crippen LogP contribution is 2.24. The number of nitrogens with one attached hydrogen (secondary N) is 4. The van der Waals surface area contributed by atoms with Crippen LogP contribution in [0, 0.1) is 0 Å². The van der Waals surface area contributed by atoms with Crippen LogP contribution < -0.4 is 26.4 Å². The van der Waals surface area contributed by atoms with Gasteiger partial charge in [0, 0.05) is 32.6 Å². The fraction of sp³-hybridized carbons (Fsp3) is 0.316. The summed E-state index contributed by atoms with van der Waals surface area (Å²) >= 11 is 1.08. The lowest BCUT2D eigenvalue weighted by atomic mass is 10.1. The van der Waals surface area contributed by atoms with Crippen molar-refractivity contribution in [3.05, 3.63) is 40.4 Å². The molecule has 0 radical (unpaired) electrons. The minimum absolute atomic E-state index is 0.184. The first-order valence-electron chi connectivity index (χ1n) is 9.11. The van der Waals surface area contributed by atoms with Gasteiger partial charge in [-0.2, -0.15) is 0 Å². The first kappa shape index (κ1) is 22.8. The predicted octanol–water partition coefficient (Wildman–Crippen LogP) is 0.508. The van der Waals surface area contributed by atoms with Gasteiger partial charge in [0.25, 0.3) is 5.91 Å². The van der Waals surface area contributed by atoms with E-state index in [2.05, 4.69) is 26.3 Å². The third-order valence-electron chi connectivity index (χ3n) is 3.82. The fourth-order valence-electron chi connectivity index (χ4n) is 2.53. The molecule has 0 saturated carbocycles. The van der Waals surface area contributed by atoms with Crippen LogP contribution in [0.4, 0.5) is 15.6 Å². The van der Waals surface area contributed by atoms with Gasteiger partial charge in [0.05, 0.1) is 5.69 Å². The number of aryl methyl sites for hydroxylation is 2. The Morgan fingerprint density at radius 1 is 0.933 bits per heavy atom. The Morgan fingerprint density at radius 3 is 2.20 bits per heavy atom. The summed E-state index contributed by atoms with van der Waals surface area (Å²) in [5.41, 5.74) is 1.86. The van der Waals surface area contributed by atoms with Crippen LogP contribution in [0.1, 0.15) is 34.8 Å². The molecule has 10 nitrogen and oxygen atoms in total. The van der Waals surface area contributed by atoms with Crippen molar-refractivity contribution in [3.63, 3.8) is 0 Å². The molecule has 0 bridgehead atoms. The SMILES string of the molecule is CC(=O)NCCNC(=O)c1sc(NC(C)=O)nc1CCc1ccc(NC(=O)[O-])cc1. The van der Waals surface area contributed by atoms with Gasteiger partial charge in [-0.1, -0.05) is 23.5 Å². The number of carboxylic acid groups (broad SMARTS) is 1. The second kappa shape index (κ2) is 10.9. The van der Waals surface area contributed by atoms with E-state index in [1.165, 1.54) is 13.8 Å². The Morgan fingerprint density at radius 2 is 1.60 bits per heavy atom. The Bertz CT molecular complexity index is 926. The van der Waals surface area contributed by atoms with Crippen LogP contribution in [0.5, 0.6) is 0 Å². The van der Waals surface area contributed by atoms with E-state index in [1.807, 2.05) is 0 Å². The number of aromatic nitrogens is 1. The van der Waals surface area contributed by atoms with Gasteiger partial charge in [-0.15, -0.1) is 0 Å². The molecule has 1 aromatic heterocycles. The highest BCUT2D eigenvalue weighted by Gasteiger charge is 2.18. The second-order valence-corrected chi connectivity index (χ2v) is 7.32. The molecule has 2 rings (SSSR count). The van der Waals surface area contributed by atoms with E-state index in [0.29, 0.717) is 40.8 Å². The van der Waals surface area contributed by atoms with Crippen molar-refractivity contribution in [2.45, 2.75) is 26.7 Å². The Labute approximate surface area is 177 Å². The van der Waals surface area contributed by atoms with Gasteiger partial charge in [0.2, 0.25) is 11.8 Å². The average molecular weight is 432 g/mol. The Balaban J connectivity index is 2.06. The van der Waals surface area contributed by atoms with Crippen LogP contribution in [-0.2, 0) is 22.4 Å². The third-order valence-corrected chi connectivity index (χ3v) is 4.83. The van der Waals surface area contributed by atoms with E-state index in [4.69, 9.17) is 0 Å². The zero-order valence-corrected chi connectivity index (χ0v) is 17.4. The highest BCUT2D eigenvalue weighted by molar-refractivity contribution is 7.17. The van der Waals surface area contributed by atoms with E-state index in [-0.39, 0.29) is 24.3 Å². The van der Waals surface area contributed by atoms with Crippen LogP contribution in [0.2, 0.25) is 0 Å². The monoisotopic (exact) mass is 432 g/mol. The van der Waals surface area contributed by atoms with E-state index >= 15 is 0 Å². The molecule has 11 heteroatoms. The molecule has 0 aliphatic heterocycles. The molecule has 30 heavy (non-hydrogen) atoms. The number of hydrogen-bond acceptors (Lipinski definition) is 7. The summed E-state index contributed by atoms with van der Waals surface area (Å²) in [6, 6.07) is 6.76. The van der Waals surface area contributed by atoms with E-state index in [1.54, 1.807) is 24.3 Å². The number of nitrogens with zero attached hydrogens (tertiary/aromatic N) is 1. The van der Waals surface area contributed by atoms with Crippen LogP contribution in [0.3, 0.4) is 0 Å². The maximum atomic E-state index is 12.5. The van der Waals surface area contributed by atoms with Gasteiger partial charge in [-0.25, -0.2) is 4.98 Å². The smallest absolute Gasteiger partial charge is 0.263 e. The van der Waals surface area contributed by atoms with Crippen molar-refractivity contribution in [1.82, 2.24) is 15.6 Å². The lowest BCUT2D eigenvalue weighted by Crippen LogP contribution is -2.33. The number of hydrogen-bond donors (Lipinski definition) is 4. The number of thiazole rings is 1. The minimum Gasteiger partial charge on any atom is -0.530 e. The summed E-state index contributed by atoms with van der Waals surface area (Å²) in [5, 5.41) is 20.9. The highest BCUT2D eigenvalue weighted by atomic mass is 32.1. The summed E-state index contributed by atoms with van der Waals surface area (Å²) in [5.74, 6) is -0.807. The van der Waals surface area contributed by atoms with E-state index in [9.17, 15) is 24.3 Å². The molecule has 0 fully saturated rings. The summed E-state index contributed by atoms with van der Waals surface area (Å²) in [4.78, 5) is 50.1. The first-order chi connectivity index (χ1) is 14.2. The molecule has 0 aliphatic rings.